The Hall–Kier alpha value is -2.09. The molecule has 0 fully saturated rings. The molecule has 1 heterocycles. The molecule has 1 unspecified atom stereocenters. The smallest absolute Gasteiger partial charge is 0.326 e. The Kier molecular flexibility index (Phi) is 7.12. The van der Waals surface area contributed by atoms with Gasteiger partial charge in [-0.3, -0.25) is 0 Å². The summed E-state index contributed by atoms with van der Waals surface area (Å²) in [7, 11) is 1.55. The summed E-state index contributed by atoms with van der Waals surface area (Å²) in [5.41, 5.74) is 0. The van der Waals surface area contributed by atoms with Gasteiger partial charge in [0.1, 0.15) is 11.9 Å². The second-order valence-electron chi connectivity index (χ2n) is 4.21. The molecule has 0 radical (unpaired) electrons. The SMILES string of the molecule is COCCCC(NC(=O)NCCc1ncc[nH]1)C(=O)O. The van der Waals surface area contributed by atoms with Crippen LogP contribution in [0, 0.1) is 0 Å². The average molecular weight is 284 g/mol. The molecule has 0 spiro atoms. The number of methoxy groups -OCH3 is 1. The molecule has 2 amide bonds. The monoisotopic (exact) mass is 284 g/mol. The molecule has 0 saturated heterocycles. The zero-order valence-corrected chi connectivity index (χ0v) is 11.4. The van der Waals surface area contributed by atoms with Gasteiger partial charge < -0.3 is 25.5 Å². The number of ether oxygens (including phenoxy) is 1. The number of rotatable bonds is 9. The van der Waals surface area contributed by atoms with E-state index in [4.69, 9.17) is 9.84 Å². The molecule has 8 nitrogen and oxygen atoms in total. The maximum atomic E-state index is 11.6. The predicted octanol–water partition coefficient (Wildman–Crippen LogP) is 0.131. The standard InChI is InChI=1S/C12H20N4O4/c1-20-8-2-3-9(11(17)18)16-12(19)15-5-4-10-13-6-7-14-10/h6-7,9H,2-5,8H2,1H3,(H,13,14)(H,17,18)(H2,15,16,19). The zero-order chi connectivity index (χ0) is 14.8. The fourth-order valence-corrected chi connectivity index (χ4v) is 1.63. The van der Waals surface area contributed by atoms with Gasteiger partial charge in [0.2, 0.25) is 0 Å². The number of carboxylic acid groups (broad SMARTS) is 1. The number of carbonyl (C=O) groups is 2. The lowest BCUT2D eigenvalue weighted by Crippen LogP contribution is -2.46. The van der Waals surface area contributed by atoms with Crippen molar-refractivity contribution >= 4 is 12.0 Å². The number of amides is 2. The largest absolute Gasteiger partial charge is 0.480 e. The fraction of sp³-hybridized carbons (Fsp3) is 0.583. The maximum Gasteiger partial charge on any atom is 0.326 e. The first kappa shape index (κ1) is 16.0. The molecule has 0 aliphatic rings. The van der Waals surface area contributed by atoms with Crippen molar-refractivity contribution in [3.05, 3.63) is 18.2 Å². The Morgan fingerprint density at radius 3 is 2.95 bits per heavy atom. The van der Waals surface area contributed by atoms with Crippen molar-refractivity contribution in [1.82, 2.24) is 20.6 Å². The maximum absolute atomic E-state index is 11.6. The van der Waals surface area contributed by atoms with Gasteiger partial charge in [-0.2, -0.15) is 0 Å². The van der Waals surface area contributed by atoms with Crippen LogP contribution in [-0.4, -0.2) is 53.4 Å². The average Bonchev–Trinajstić information content (AvgIpc) is 2.91. The van der Waals surface area contributed by atoms with E-state index in [9.17, 15) is 9.59 Å². The van der Waals surface area contributed by atoms with Crippen LogP contribution in [0.3, 0.4) is 0 Å². The summed E-state index contributed by atoms with van der Waals surface area (Å²) in [5, 5.41) is 14.0. The van der Waals surface area contributed by atoms with Gasteiger partial charge in [0, 0.05) is 39.1 Å². The van der Waals surface area contributed by atoms with E-state index in [0.717, 1.165) is 5.82 Å². The minimum absolute atomic E-state index is 0.328. The molecule has 0 saturated carbocycles. The summed E-state index contributed by atoms with van der Waals surface area (Å²) in [5.74, 6) is -0.289. The van der Waals surface area contributed by atoms with E-state index in [1.807, 2.05) is 0 Å². The number of urea groups is 1. The van der Waals surface area contributed by atoms with Crippen LogP contribution >= 0.6 is 0 Å². The van der Waals surface area contributed by atoms with Crippen molar-refractivity contribution in [3.63, 3.8) is 0 Å². The Morgan fingerprint density at radius 2 is 2.35 bits per heavy atom. The van der Waals surface area contributed by atoms with Crippen LogP contribution in [0.15, 0.2) is 12.4 Å². The van der Waals surface area contributed by atoms with Gasteiger partial charge in [0.25, 0.3) is 0 Å². The third kappa shape index (κ3) is 6.19. The van der Waals surface area contributed by atoms with Crippen molar-refractivity contribution in [3.8, 4) is 0 Å². The van der Waals surface area contributed by atoms with Crippen molar-refractivity contribution < 1.29 is 19.4 Å². The highest BCUT2D eigenvalue weighted by molar-refractivity contribution is 5.82. The number of imidazole rings is 1. The van der Waals surface area contributed by atoms with Gasteiger partial charge in [0.15, 0.2) is 0 Å². The van der Waals surface area contributed by atoms with E-state index < -0.39 is 18.0 Å². The highest BCUT2D eigenvalue weighted by atomic mass is 16.5. The summed E-state index contributed by atoms with van der Waals surface area (Å²) >= 11 is 0. The number of nitrogens with zero attached hydrogens (tertiary/aromatic N) is 1. The van der Waals surface area contributed by atoms with Crippen LogP contribution < -0.4 is 10.6 Å². The third-order valence-electron chi connectivity index (χ3n) is 2.65. The molecule has 0 aliphatic carbocycles. The van der Waals surface area contributed by atoms with Gasteiger partial charge in [-0.1, -0.05) is 0 Å². The second kappa shape index (κ2) is 8.92. The molecule has 1 aromatic heterocycles. The second-order valence-corrected chi connectivity index (χ2v) is 4.21. The van der Waals surface area contributed by atoms with E-state index >= 15 is 0 Å². The summed E-state index contributed by atoms with van der Waals surface area (Å²) in [6, 6.07) is -1.41. The molecule has 1 atom stereocenters. The number of carbonyl (C=O) groups excluding carboxylic acids is 1. The van der Waals surface area contributed by atoms with Crippen molar-refractivity contribution in [2.75, 3.05) is 20.3 Å². The molecule has 112 valence electrons. The van der Waals surface area contributed by atoms with Crippen LogP contribution in [0.1, 0.15) is 18.7 Å². The lowest BCUT2D eigenvalue weighted by molar-refractivity contribution is -0.139. The van der Waals surface area contributed by atoms with Gasteiger partial charge >= 0.3 is 12.0 Å². The van der Waals surface area contributed by atoms with E-state index in [2.05, 4.69) is 20.6 Å². The molecule has 20 heavy (non-hydrogen) atoms. The van der Waals surface area contributed by atoms with E-state index in [1.165, 1.54) is 0 Å². The number of hydrogen-bond donors (Lipinski definition) is 4. The van der Waals surface area contributed by atoms with Crippen LogP contribution in [0.5, 0.6) is 0 Å². The normalized spacial score (nSPS) is 11.8. The molecule has 8 heteroatoms. The lowest BCUT2D eigenvalue weighted by atomic mass is 10.1. The number of aromatic nitrogens is 2. The predicted molar refractivity (Wildman–Crippen MR) is 71.4 cm³/mol. The first-order chi connectivity index (χ1) is 9.63. The quantitative estimate of drug-likeness (QED) is 0.481. The molecule has 4 N–H and O–H groups in total. The Labute approximate surface area is 116 Å². The van der Waals surface area contributed by atoms with Crippen LogP contribution in [0.4, 0.5) is 4.79 Å². The highest BCUT2D eigenvalue weighted by Crippen LogP contribution is 1.98. The Bertz CT molecular complexity index is 408. The number of H-pyrrole nitrogens is 1. The van der Waals surface area contributed by atoms with E-state index in [1.54, 1.807) is 19.5 Å². The summed E-state index contributed by atoms with van der Waals surface area (Å²) < 4.78 is 4.85. The number of nitrogens with one attached hydrogen (secondary N) is 3. The molecular weight excluding hydrogens is 264 g/mol. The summed E-state index contributed by atoms with van der Waals surface area (Å²) in [4.78, 5) is 29.5. The zero-order valence-electron chi connectivity index (χ0n) is 11.4. The molecule has 1 rings (SSSR count). The Balaban J connectivity index is 2.24. The number of hydrogen-bond acceptors (Lipinski definition) is 4. The summed E-state index contributed by atoms with van der Waals surface area (Å²) in [6.07, 6.45) is 4.79. The van der Waals surface area contributed by atoms with Crippen LogP contribution in [0.2, 0.25) is 0 Å². The number of carboxylic acids is 1. The number of aromatic amines is 1. The van der Waals surface area contributed by atoms with E-state index in [-0.39, 0.29) is 0 Å². The van der Waals surface area contributed by atoms with Crippen molar-refractivity contribution in [2.45, 2.75) is 25.3 Å². The molecule has 1 aromatic rings. The van der Waals surface area contributed by atoms with Crippen molar-refractivity contribution in [1.29, 1.82) is 0 Å². The van der Waals surface area contributed by atoms with Gasteiger partial charge in [-0.05, 0) is 12.8 Å². The first-order valence-corrected chi connectivity index (χ1v) is 6.38. The van der Waals surface area contributed by atoms with E-state index in [0.29, 0.717) is 32.4 Å². The minimum Gasteiger partial charge on any atom is -0.480 e. The van der Waals surface area contributed by atoms with Crippen LogP contribution in [-0.2, 0) is 16.0 Å². The fourth-order valence-electron chi connectivity index (χ4n) is 1.63. The van der Waals surface area contributed by atoms with Crippen molar-refractivity contribution in [2.24, 2.45) is 0 Å². The van der Waals surface area contributed by atoms with Crippen LogP contribution in [0.25, 0.3) is 0 Å². The first-order valence-electron chi connectivity index (χ1n) is 6.38. The van der Waals surface area contributed by atoms with Gasteiger partial charge in [0.05, 0.1) is 0 Å². The minimum atomic E-state index is -1.05. The molecular formula is C12H20N4O4. The lowest BCUT2D eigenvalue weighted by Gasteiger charge is -2.14. The molecule has 0 bridgehead atoms. The topological polar surface area (TPSA) is 116 Å². The molecule has 0 aromatic carbocycles. The number of aliphatic carboxylic acids is 1. The van der Waals surface area contributed by atoms with Gasteiger partial charge in [-0.25, -0.2) is 14.6 Å². The highest BCUT2D eigenvalue weighted by Gasteiger charge is 2.19. The Morgan fingerprint density at radius 1 is 1.55 bits per heavy atom. The molecule has 0 aliphatic heterocycles. The summed E-state index contributed by atoms with van der Waals surface area (Å²) in [6.45, 7) is 0.843. The third-order valence-corrected chi connectivity index (χ3v) is 2.65. The van der Waals surface area contributed by atoms with Gasteiger partial charge in [-0.15, -0.1) is 0 Å².